The summed E-state index contributed by atoms with van der Waals surface area (Å²) in [6.45, 7) is 2.42. The van der Waals surface area contributed by atoms with Crippen LogP contribution in [0.15, 0.2) is 22.7 Å². The van der Waals surface area contributed by atoms with Crippen molar-refractivity contribution >= 4 is 27.3 Å². The molecule has 0 aliphatic heterocycles. The molecule has 0 fully saturated rings. The monoisotopic (exact) mass is 354 g/mol. The SMILES string of the molecule is COc1c(CNc2ccc([N+](=O)[O-])cc2Br)c(C)nn1C. The topological polar surface area (TPSA) is 82.2 Å². The van der Waals surface area contributed by atoms with Gasteiger partial charge in [-0.3, -0.25) is 10.1 Å². The summed E-state index contributed by atoms with van der Waals surface area (Å²) < 4.78 is 7.64. The lowest BCUT2D eigenvalue weighted by Crippen LogP contribution is -2.03. The molecule has 0 saturated heterocycles. The van der Waals surface area contributed by atoms with Gasteiger partial charge in [-0.1, -0.05) is 0 Å². The van der Waals surface area contributed by atoms with Crippen molar-refractivity contribution in [3.8, 4) is 5.88 Å². The smallest absolute Gasteiger partial charge is 0.270 e. The van der Waals surface area contributed by atoms with Crippen molar-refractivity contribution in [3.05, 3.63) is 44.0 Å². The molecule has 8 heteroatoms. The zero-order valence-corrected chi connectivity index (χ0v) is 13.5. The highest BCUT2D eigenvalue weighted by Crippen LogP contribution is 2.29. The number of nitro groups is 1. The lowest BCUT2D eigenvalue weighted by Gasteiger charge is -2.09. The number of aryl methyl sites for hydroxylation is 2. The lowest BCUT2D eigenvalue weighted by atomic mass is 10.2. The second-order valence-corrected chi connectivity index (χ2v) is 5.33. The molecule has 2 rings (SSSR count). The van der Waals surface area contributed by atoms with E-state index in [1.165, 1.54) is 12.1 Å². The summed E-state index contributed by atoms with van der Waals surface area (Å²) >= 11 is 3.33. The van der Waals surface area contributed by atoms with Crippen LogP contribution in [0.1, 0.15) is 11.3 Å². The summed E-state index contributed by atoms with van der Waals surface area (Å²) in [5.74, 6) is 0.693. The number of aromatic nitrogens is 2. The van der Waals surface area contributed by atoms with Crippen LogP contribution in [0.2, 0.25) is 0 Å². The van der Waals surface area contributed by atoms with Crippen molar-refractivity contribution in [1.82, 2.24) is 9.78 Å². The van der Waals surface area contributed by atoms with Crippen LogP contribution >= 0.6 is 15.9 Å². The molecule has 0 aliphatic rings. The first kappa shape index (κ1) is 15.3. The molecule has 1 aromatic heterocycles. The van der Waals surface area contributed by atoms with Crippen LogP contribution in [-0.2, 0) is 13.6 Å². The van der Waals surface area contributed by atoms with E-state index in [9.17, 15) is 10.1 Å². The number of hydrogen-bond donors (Lipinski definition) is 1. The summed E-state index contributed by atoms with van der Waals surface area (Å²) in [7, 11) is 3.42. The van der Waals surface area contributed by atoms with Crippen molar-refractivity contribution in [2.75, 3.05) is 12.4 Å². The van der Waals surface area contributed by atoms with E-state index in [4.69, 9.17) is 4.74 Å². The zero-order chi connectivity index (χ0) is 15.6. The first-order valence-corrected chi connectivity index (χ1v) is 6.97. The Balaban J connectivity index is 2.19. The van der Waals surface area contributed by atoms with Gasteiger partial charge in [0.05, 0.1) is 23.3 Å². The van der Waals surface area contributed by atoms with E-state index >= 15 is 0 Å². The second-order valence-electron chi connectivity index (χ2n) is 4.47. The van der Waals surface area contributed by atoms with Gasteiger partial charge in [0.25, 0.3) is 5.69 Å². The van der Waals surface area contributed by atoms with Crippen LogP contribution in [0.5, 0.6) is 5.88 Å². The van der Waals surface area contributed by atoms with Crippen LogP contribution in [0.4, 0.5) is 11.4 Å². The second kappa shape index (κ2) is 6.13. The summed E-state index contributed by atoms with van der Waals surface area (Å²) in [4.78, 5) is 10.3. The van der Waals surface area contributed by atoms with E-state index in [2.05, 4.69) is 26.3 Å². The highest BCUT2D eigenvalue weighted by molar-refractivity contribution is 9.10. The number of nitro benzene ring substituents is 1. The molecule has 2 aromatic rings. The van der Waals surface area contributed by atoms with Crippen LogP contribution in [0.25, 0.3) is 0 Å². The normalized spacial score (nSPS) is 10.5. The van der Waals surface area contributed by atoms with Crippen molar-refractivity contribution in [2.24, 2.45) is 7.05 Å². The molecule has 0 saturated carbocycles. The number of non-ortho nitro benzene ring substituents is 1. The number of ether oxygens (including phenoxy) is 1. The summed E-state index contributed by atoms with van der Waals surface area (Å²) in [5, 5.41) is 18.2. The maximum Gasteiger partial charge on any atom is 0.270 e. The Morgan fingerprint density at radius 2 is 2.24 bits per heavy atom. The Hall–Kier alpha value is -2.09. The predicted octanol–water partition coefficient (Wildman–Crippen LogP) is 3.02. The fraction of sp³-hybridized carbons (Fsp3) is 0.308. The van der Waals surface area contributed by atoms with Crippen LogP contribution in [0.3, 0.4) is 0 Å². The molecular formula is C13H15BrN4O3. The van der Waals surface area contributed by atoms with E-state index in [0.717, 1.165) is 16.9 Å². The highest BCUT2D eigenvalue weighted by Gasteiger charge is 2.14. The van der Waals surface area contributed by atoms with Crippen molar-refractivity contribution < 1.29 is 9.66 Å². The van der Waals surface area contributed by atoms with Gasteiger partial charge in [-0.2, -0.15) is 5.10 Å². The van der Waals surface area contributed by atoms with Gasteiger partial charge in [-0.25, -0.2) is 4.68 Å². The molecule has 21 heavy (non-hydrogen) atoms. The Kier molecular flexibility index (Phi) is 4.46. The minimum Gasteiger partial charge on any atom is -0.481 e. The number of rotatable bonds is 5. The quantitative estimate of drug-likeness (QED) is 0.659. The Labute approximate surface area is 130 Å². The molecule has 7 nitrogen and oxygen atoms in total. The third-order valence-corrected chi connectivity index (χ3v) is 3.76. The van der Waals surface area contributed by atoms with Gasteiger partial charge in [0.1, 0.15) is 0 Å². The maximum absolute atomic E-state index is 10.7. The molecule has 0 aliphatic carbocycles. The number of hydrogen-bond acceptors (Lipinski definition) is 5. The highest BCUT2D eigenvalue weighted by atomic mass is 79.9. The molecule has 1 aromatic carbocycles. The Morgan fingerprint density at radius 1 is 1.52 bits per heavy atom. The molecule has 0 bridgehead atoms. The van der Waals surface area contributed by atoms with E-state index in [1.54, 1.807) is 17.9 Å². The van der Waals surface area contributed by atoms with E-state index in [1.807, 2.05) is 14.0 Å². The average molecular weight is 355 g/mol. The van der Waals surface area contributed by atoms with Crippen LogP contribution in [-0.4, -0.2) is 21.8 Å². The van der Waals surface area contributed by atoms with Crippen LogP contribution in [0, 0.1) is 17.0 Å². The number of methoxy groups -OCH3 is 1. The fourth-order valence-electron chi connectivity index (χ4n) is 2.08. The summed E-state index contributed by atoms with van der Waals surface area (Å²) in [6, 6.07) is 4.59. The Bertz CT molecular complexity index is 684. The minimum atomic E-state index is -0.428. The largest absolute Gasteiger partial charge is 0.481 e. The van der Waals surface area contributed by atoms with E-state index in [0.29, 0.717) is 16.9 Å². The van der Waals surface area contributed by atoms with Gasteiger partial charge < -0.3 is 10.1 Å². The number of nitrogens with zero attached hydrogens (tertiary/aromatic N) is 3. The molecule has 1 heterocycles. The van der Waals surface area contributed by atoms with Crippen molar-refractivity contribution in [1.29, 1.82) is 0 Å². The first-order valence-electron chi connectivity index (χ1n) is 6.18. The van der Waals surface area contributed by atoms with E-state index in [-0.39, 0.29) is 5.69 Å². The molecule has 0 radical (unpaired) electrons. The predicted molar refractivity (Wildman–Crippen MR) is 82.6 cm³/mol. The van der Waals surface area contributed by atoms with Gasteiger partial charge in [0, 0.05) is 35.9 Å². The van der Waals surface area contributed by atoms with Gasteiger partial charge in [0.15, 0.2) is 0 Å². The van der Waals surface area contributed by atoms with Crippen LogP contribution < -0.4 is 10.1 Å². The number of nitrogens with one attached hydrogen (secondary N) is 1. The van der Waals surface area contributed by atoms with Gasteiger partial charge >= 0.3 is 0 Å². The molecular weight excluding hydrogens is 340 g/mol. The van der Waals surface area contributed by atoms with Crippen molar-refractivity contribution in [2.45, 2.75) is 13.5 Å². The molecule has 0 atom stereocenters. The molecule has 112 valence electrons. The minimum absolute atomic E-state index is 0.0440. The summed E-state index contributed by atoms with van der Waals surface area (Å²) in [5.41, 5.74) is 2.64. The molecule has 0 unspecified atom stereocenters. The van der Waals surface area contributed by atoms with Gasteiger partial charge in [0.2, 0.25) is 5.88 Å². The maximum atomic E-state index is 10.7. The zero-order valence-electron chi connectivity index (χ0n) is 11.9. The number of anilines is 1. The summed E-state index contributed by atoms with van der Waals surface area (Å²) in [6.07, 6.45) is 0. The van der Waals surface area contributed by atoms with Gasteiger partial charge in [-0.05, 0) is 28.9 Å². The number of benzene rings is 1. The average Bonchev–Trinajstić information content (AvgIpc) is 2.70. The fourth-order valence-corrected chi connectivity index (χ4v) is 2.59. The Morgan fingerprint density at radius 3 is 2.81 bits per heavy atom. The molecule has 1 N–H and O–H groups in total. The first-order chi connectivity index (χ1) is 9.93. The molecule has 0 amide bonds. The molecule has 0 spiro atoms. The van der Waals surface area contributed by atoms with E-state index < -0.39 is 4.92 Å². The lowest BCUT2D eigenvalue weighted by molar-refractivity contribution is -0.384. The van der Waals surface area contributed by atoms with Crippen molar-refractivity contribution in [3.63, 3.8) is 0 Å². The standard InChI is InChI=1S/C13H15BrN4O3/c1-8-10(13(21-3)17(2)16-8)7-15-12-5-4-9(18(19)20)6-11(12)14/h4-6,15H,7H2,1-3H3. The third-order valence-electron chi connectivity index (χ3n) is 3.10. The number of halogens is 1. The van der Waals surface area contributed by atoms with Gasteiger partial charge in [-0.15, -0.1) is 0 Å². The third kappa shape index (κ3) is 3.15.